The molecule has 0 amide bonds. The molecule has 4 heteroatoms. The zero-order valence-electron chi connectivity index (χ0n) is 7.46. The molecule has 0 aromatic carbocycles. The first kappa shape index (κ1) is 11.1. The Hall–Kier alpha value is -0.900. The number of hydrogen-bond acceptors (Lipinski definition) is 3. The summed E-state index contributed by atoms with van der Waals surface area (Å²) >= 11 is 0. The zero-order chi connectivity index (χ0) is 9.56. The lowest BCUT2D eigenvalue weighted by Gasteiger charge is -2.12. The Kier molecular flexibility index (Phi) is 5.28. The summed E-state index contributed by atoms with van der Waals surface area (Å²) in [6.07, 6.45) is 0.763. The van der Waals surface area contributed by atoms with E-state index < -0.39 is 12.0 Å². The Balaban J connectivity index is 3.87. The molecule has 0 spiro atoms. The van der Waals surface area contributed by atoms with Crippen LogP contribution in [0.3, 0.4) is 0 Å². The van der Waals surface area contributed by atoms with E-state index in [-0.39, 0.29) is 12.2 Å². The Labute approximate surface area is 72.0 Å². The van der Waals surface area contributed by atoms with Crippen LogP contribution in [0.1, 0.15) is 26.7 Å². The molecule has 0 aromatic rings. The minimum absolute atomic E-state index is 0.120. The molecule has 2 N–H and O–H groups in total. The lowest BCUT2D eigenvalue weighted by molar-refractivity contribution is -0.139. The maximum absolute atomic E-state index is 10.9. The van der Waals surface area contributed by atoms with E-state index in [9.17, 15) is 9.59 Å². The summed E-state index contributed by atoms with van der Waals surface area (Å²) in [5.74, 6) is -1.07. The summed E-state index contributed by atoms with van der Waals surface area (Å²) in [4.78, 5) is 21.1. The number of carbonyl (C=O) groups excluding carboxylic acids is 1. The number of rotatable bonds is 6. The lowest BCUT2D eigenvalue weighted by Crippen LogP contribution is -2.37. The summed E-state index contributed by atoms with van der Waals surface area (Å²) in [7, 11) is 0. The van der Waals surface area contributed by atoms with Gasteiger partial charge in [-0.15, -0.1) is 0 Å². The molecule has 0 rings (SSSR count). The average molecular weight is 173 g/mol. The summed E-state index contributed by atoms with van der Waals surface area (Å²) in [5.41, 5.74) is 0. The van der Waals surface area contributed by atoms with E-state index >= 15 is 0 Å². The molecule has 0 saturated heterocycles. The Morgan fingerprint density at radius 2 is 2.08 bits per heavy atom. The van der Waals surface area contributed by atoms with Gasteiger partial charge in [0.1, 0.15) is 5.78 Å². The van der Waals surface area contributed by atoms with E-state index in [2.05, 4.69) is 5.32 Å². The van der Waals surface area contributed by atoms with Crippen LogP contribution in [0.25, 0.3) is 0 Å². The molecule has 4 nitrogen and oxygen atoms in total. The number of carboxylic acids is 1. The fraction of sp³-hybridized carbons (Fsp3) is 0.750. The molecule has 0 aliphatic carbocycles. The molecule has 1 atom stereocenters. The van der Waals surface area contributed by atoms with Gasteiger partial charge in [0.15, 0.2) is 0 Å². The third-order valence-electron chi connectivity index (χ3n) is 1.51. The highest BCUT2D eigenvalue weighted by atomic mass is 16.4. The smallest absolute Gasteiger partial charge is 0.305 e. The van der Waals surface area contributed by atoms with Crippen molar-refractivity contribution < 1.29 is 14.7 Å². The second-order valence-electron chi connectivity index (χ2n) is 2.72. The zero-order valence-corrected chi connectivity index (χ0v) is 7.46. The molecule has 0 aliphatic heterocycles. The van der Waals surface area contributed by atoms with Crippen LogP contribution >= 0.6 is 0 Å². The van der Waals surface area contributed by atoms with Gasteiger partial charge in [-0.1, -0.05) is 6.92 Å². The first-order chi connectivity index (χ1) is 5.57. The summed E-state index contributed by atoms with van der Waals surface area (Å²) < 4.78 is 0. The minimum atomic E-state index is -0.946. The minimum Gasteiger partial charge on any atom is -0.481 e. The normalized spacial score (nSPS) is 12.5. The number of carboxylic acid groups (broad SMARTS) is 1. The molecule has 0 radical (unpaired) electrons. The maximum Gasteiger partial charge on any atom is 0.305 e. The molecule has 12 heavy (non-hydrogen) atoms. The third kappa shape index (κ3) is 4.85. The summed E-state index contributed by atoms with van der Waals surface area (Å²) in [6.45, 7) is 4.04. The molecule has 0 aromatic heterocycles. The Morgan fingerprint density at radius 1 is 1.50 bits per heavy atom. The van der Waals surface area contributed by atoms with E-state index in [1.807, 2.05) is 6.92 Å². The Morgan fingerprint density at radius 3 is 2.42 bits per heavy atom. The predicted molar refractivity (Wildman–Crippen MR) is 45.0 cm³/mol. The topological polar surface area (TPSA) is 66.4 Å². The average Bonchev–Trinajstić information content (AvgIpc) is 1.96. The standard InChI is InChI=1S/C8H15NO3/c1-3-4-9-7(6(2)10)5-8(11)12/h7,9H,3-5H2,1-2H3,(H,11,12)/t7-/m0/s1. The van der Waals surface area contributed by atoms with Crippen LogP contribution in [0.15, 0.2) is 0 Å². The number of carbonyl (C=O) groups is 2. The highest BCUT2D eigenvalue weighted by Crippen LogP contribution is 1.93. The second-order valence-corrected chi connectivity index (χ2v) is 2.72. The van der Waals surface area contributed by atoms with Crippen LogP contribution in [0.5, 0.6) is 0 Å². The van der Waals surface area contributed by atoms with Gasteiger partial charge in [-0.05, 0) is 19.9 Å². The van der Waals surface area contributed by atoms with Crippen molar-refractivity contribution >= 4 is 11.8 Å². The van der Waals surface area contributed by atoms with E-state index in [0.717, 1.165) is 6.42 Å². The van der Waals surface area contributed by atoms with Gasteiger partial charge >= 0.3 is 5.97 Å². The van der Waals surface area contributed by atoms with Gasteiger partial charge in [0.05, 0.1) is 12.5 Å². The molecule has 0 bridgehead atoms. The van der Waals surface area contributed by atoms with E-state index in [4.69, 9.17) is 5.11 Å². The SMILES string of the molecule is CCCN[C@@H](CC(=O)O)C(C)=O. The fourth-order valence-electron chi connectivity index (χ4n) is 0.853. The van der Waals surface area contributed by atoms with Crippen molar-refractivity contribution in [2.75, 3.05) is 6.54 Å². The van der Waals surface area contributed by atoms with Gasteiger partial charge in [0.25, 0.3) is 0 Å². The highest BCUT2D eigenvalue weighted by Gasteiger charge is 2.16. The van der Waals surface area contributed by atoms with Crippen molar-refractivity contribution in [1.82, 2.24) is 5.32 Å². The molecule has 0 aliphatic rings. The van der Waals surface area contributed by atoms with Crippen LogP contribution in [0, 0.1) is 0 Å². The summed E-state index contributed by atoms with van der Waals surface area (Å²) in [6, 6.07) is -0.526. The van der Waals surface area contributed by atoms with Crippen molar-refractivity contribution in [1.29, 1.82) is 0 Å². The quantitative estimate of drug-likeness (QED) is 0.610. The van der Waals surface area contributed by atoms with Gasteiger partial charge in [0, 0.05) is 0 Å². The molecule has 0 unspecified atom stereocenters. The van der Waals surface area contributed by atoms with Crippen molar-refractivity contribution in [3.63, 3.8) is 0 Å². The first-order valence-corrected chi connectivity index (χ1v) is 4.03. The van der Waals surface area contributed by atoms with Crippen LogP contribution in [-0.2, 0) is 9.59 Å². The van der Waals surface area contributed by atoms with E-state index in [1.165, 1.54) is 6.92 Å². The lowest BCUT2D eigenvalue weighted by atomic mass is 10.1. The number of hydrogen-bond donors (Lipinski definition) is 2. The highest BCUT2D eigenvalue weighted by molar-refractivity contribution is 5.85. The molecule has 0 fully saturated rings. The Bertz CT molecular complexity index is 168. The number of aliphatic carboxylic acids is 1. The maximum atomic E-state index is 10.9. The van der Waals surface area contributed by atoms with Crippen molar-refractivity contribution in [2.24, 2.45) is 0 Å². The first-order valence-electron chi connectivity index (χ1n) is 4.03. The summed E-state index contributed by atoms with van der Waals surface area (Å²) in [5, 5.41) is 11.3. The molecule has 70 valence electrons. The van der Waals surface area contributed by atoms with Crippen LogP contribution < -0.4 is 5.32 Å². The van der Waals surface area contributed by atoms with Crippen LogP contribution in [-0.4, -0.2) is 29.4 Å². The number of ketones is 1. The van der Waals surface area contributed by atoms with Crippen molar-refractivity contribution in [3.05, 3.63) is 0 Å². The number of Topliss-reactive ketones (excluding diaryl/α,β-unsaturated/α-hetero) is 1. The molecular weight excluding hydrogens is 158 g/mol. The molecule has 0 saturated carbocycles. The second kappa shape index (κ2) is 5.71. The van der Waals surface area contributed by atoms with Crippen LogP contribution in [0.4, 0.5) is 0 Å². The van der Waals surface area contributed by atoms with E-state index in [0.29, 0.717) is 6.54 Å². The number of nitrogens with one attached hydrogen (secondary N) is 1. The predicted octanol–water partition coefficient (Wildman–Crippen LogP) is 0.418. The largest absolute Gasteiger partial charge is 0.481 e. The monoisotopic (exact) mass is 173 g/mol. The van der Waals surface area contributed by atoms with Gasteiger partial charge in [-0.25, -0.2) is 0 Å². The van der Waals surface area contributed by atoms with Gasteiger partial charge in [-0.3, -0.25) is 9.59 Å². The van der Waals surface area contributed by atoms with E-state index in [1.54, 1.807) is 0 Å². The van der Waals surface area contributed by atoms with Gasteiger partial charge < -0.3 is 10.4 Å². The van der Waals surface area contributed by atoms with Crippen LogP contribution in [0.2, 0.25) is 0 Å². The fourth-order valence-corrected chi connectivity index (χ4v) is 0.853. The van der Waals surface area contributed by atoms with Gasteiger partial charge in [-0.2, -0.15) is 0 Å². The molecular formula is C8H15NO3. The van der Waals surface area contributed by atoms with Crippen molar-refractivity contribution in [3.8, 4) is 0 Å². The third-order valence-corrected chi connectivity index (χ3v) is 1.51. The molecule has 0 heterocycles. The van der Waals surface area contributed by atoms with Gasteiger partial charge in [0.2, 0.25) is 0 Å². The van der Waals surface area contributed by atoms with Crippen molar-refractivity contribution in [2.45, 2.75) is 32.7 Å².